The lowest BCUT2D eigenvalue weighted by Gasteiger charge is -2.03. The lowest BCUT2D eigenvalue weighted by Crippen LogP contribution is -2.12. The number of nitrogens with zero attached hydrogens (tertiary/aromatic N) is 1. The van der Waals surface area contributed by atoms with E-state index in [0.717, 1.165) is 0 Å². The summed E-state index contributed by atoms with van der Waals surface area (Å²) < 4.78 is 11.7. The quantitative estimate of drug-likeness (QED) is 0.794. The van der Waals surface area contributed by atoms with Gasteiger partial charge in [-0.05, 0) is 31.2 Å². The summed E-state index contributed by atoms with van der Waals surface area (Å²) in [5.74, 6) is -0.540. The standard InChI is InChI=1S/C14H12N2O4/c1-2-16-10-6-5-9(8-12(10)20-14(16)18)15-13(17)11-4-3-7-19-11/h3-8H,2H2,1H3,(H,15,17). The molecule has 0 aliphatic rings. The molecule has 6 heteroatoms. The van der Waals surface area contributed by atoms with Crippen LogP contribution in [0.2, 0.25) is 0 Å². The Balaban J connectivity index is 1.94. The monoisotopic (exact) mass is 272 g/mol. The van der Waals surface area contributed by atoms with Crippen molar-refractivity contribution in [2.45, 2.75) is 13.5 Å². The van der Waals surface area contributed by atoms with E-state index >= 15 is 0 Å². The van der Waals surface area contributed by atoms with Gasteiger partial charge in [0.2, 0.25) is 0 Å². The molecule has 0 atom stereocenters. The highest BCUT2D eigenvalue weighted by Gasteiger charge is 2.11. The van der Waals surface area contributed by atoms with Crippen LogP contribution in [0.15, 0.2) is 50.2 Å². The summed E-state index contributed by atoms with van der Waals surface area (Å²) in [6.07, 6.45) is 1.43. The van der Waals surface area contributed by atoms with Crippen LogP contribution in [-0.2, 0) is 6.54 Å². The highest BCUT2D eigenvalue weighted by atomic mass is 16.4. The highest BCUT2D eigenvalue weighted by molar-refractivity contribution is 6.02. The Morgan fingerprint density at radius 3 is 2.90 bits per heavy atom. The lowest BCUT2D eigenvalue weighted by atomic mass is 10.2. The molecule has 1 amide bonds. The molecule has 1 aromatic carbocycles. The second-order valence-electron chi connectivity index (χ2n) is 4.23. The summed E-state index contributed by atoms with van der Waals surface area (Å²) in [4.78, 5) is 23.4. The number of carbonyl (C=O) groups excluding carboxylic acids is 1. The van der Waals surface area contributed by atoms with Gasteiger partial charge < -0.3 is 14.2 Å². The zero-order valence-corrected chi connectivity index (χ0v) is 10.8. The number of rotatable bonds is 3. The minimum absolute atomic E-state index is 0.220. The molecule has 20 heavy (non-hydrogen) atoms. The minimum Gasteiger partial charge on any atom is -0.459 e. The Kier molecular flexibility index (Phi) is 2.90. The Morgan fingerprint density at radius 2 is 2.20 bits per heavy atom. The number of furan rings is 1. The van der Waals surface area contributed by atoms with Crippen LogP contribution in [0, 0.1) is 0 Å². The molecule has 0 fully saturated rings. The molecule has 102 valence electrons. The van der Waals surface area contributed by atoms with Gasteiger partial charge in [-0.25, -0.2) is 4.79 Å². The zero-order chi connectivity index (χ0) is 14.1. The first kappa shape index (κ1) is 12.3. The molecule has 1 N–H and O–H groups in total. The molecule has 2 aromatic heterocycles. The average molecular weight is 272 g/mol. The summed E-state index contributed by atoms with van der Waals surface area (Å²) in [6.45, 7) is 2.40. The van der Waals surface area contributed by atoms with Crippen molar-refractivity contribution in [2.75, 3.05) is 5.32 Å². The number of benzene rings is 1. The fourth-order valence-corrected chi connectivity index (χ4v) is 2.04. The van der Waals surface area contributed by atoms with E-state index in [-0.39, 0.29) is 11.7 Å². The predicted molar refractivity (Wildman–Crippen MR) is 72.8 cm³/mol. The van der Waals surface area contributed by atoms with Gasteiger partial charge in [-0.2, -0.15) is 0 Å². The van der Waals surface area contributed by atoms with E-state index in [1.165, 1.54) is 10.8 Å². The van der Waals surface area contributed by atoms with Crippen molar-refractivity contribution >= 4 is 22.7 Å². The molecule has 0 saturated carbocycles. The van der Waals surface area contributed by atoms with Crippen molar-refractivity contribution in [1.29, 1.82) is 0 Å². The Bertz CT molecular complexity index is 811. The van der Waals surface area contributed by atoms with Gasteiger partial charge in [0.15, 0.2) is 11.3 Å². The molecular weight excluding hydrogens is 260 g/mol. The SMILES string of the molecule is CCn1c(=O)oc2cc(NC(=O)c3ccco3)ccc21. The van der Waals surface area contributed by atoms with Gasteiger partial charge in [0.05, 0.1) is 11.8 Å². The van der Waals surface area contributed by atoms with Gasteiger partial charge in [-0.1, -0.05) is 0 Å². The Morgan fingerprint density at radius 1 is 1.35 bits per heavy atom. The number of carbonyl (C=O) groups is 1. The maximum Gasteiger partial charge on any atom is 0.419 e. The molecular formula is C14H12N2O4. The maximum absolute atomic E-state index is 11.8. The third-order valence-electron chi connectivity index (χ3n) is 2.99. The number of nitrogens with one attached hydrogen (secondary N) is 1. The van der Waals surface area contributed by atoms with Crippen LogP contribution in [0.4, 0.5) is 5.69 Å². The first-order chi connectivity index (χ1) is 9.69. The van der Waals surface area contributed by atoms with E-state index in [0.29, 0.717) is 23.3 Å². The van der Waals surface area contributed by atoms with Gasteiger partial charge in [-0.3, -0.25) is 9.36 Å². The van der Waals surface area contributed by atoms with Crippen molar-refractivity contribution in [2.24, 2.45) is 0 Å². The van der Waals surface area contributed by atoms with Crippen molar-refractivity contribution in [3.8, 4) is 0 Å². The van der Waals surface area contributed by atoms with Crippen LogP contribution in [0.3, 0.4) is 0 Å². The van der Waals surface area contributed by atoms with Gasteiger partial charge >= 0.3 is 5.76 Å². The van der Waals surface area contributed by atoms with Crippen LogP contribution in [0.5, 0.6) is 0 Å². The topological polar surface area (TPSA) is 77.4 Å². The van der Waals surface area contributed by atoms with Crippen molar-refractivity contribution < 1.29 is 13.6 Å². The first-order valence-corrected chi connectivity index (χ1v) is 6.17. The van der Waals surface area contributed by atoms with Crippen molar-refractivity contribution in [1.82, 2.24) is 4.57 Å². The molecule has 0 spiro atoms. The number of hydrogen-bond acceptors (Lipinski definition) is 4. The number of fused-ring (bicyclic) bond motifs is 1. The van der Waals surface area contributed by atoms with E-state index in [2.05, 4.69) is 5.32 Å². The van der Waals surface area contributed by atoms with E-state index in [4.69, 9.17) is 8.83 Å². The highest BCUT2D eigenvalue weighted by Crippen LogP contribution is 2.19. The van der Waals surface area contributed by atoms with Gasteiger partial charge in [0.25, 0.3) is 5.91 Å². The molecule has 2 heterocycles. The third-order valence-corrected chi connectivity index (χ3v) is 2.99. The van der Waals surface area contributed by atoms with Crippen molar-refractivity contribution in [3.63, 3.8) is 0 Å². The number of oxazole rings is 1. The zero-order valence-electron chi connectivity index (χ0n) is 10.8. The minimum atomic E-state index is -0.406. The summed E-state index contributed by atoms with van der Waals surface area (Å²) in [5.41, 5.74) is 1.68. The normalized spacial score (nSPS) is 10.8. The smallest absolute Gasteiger partial charge is 0.419 e. The predicted octanol–water partition coefficient (Wildman–Crippen LogP) is 2.46. The number of hydrogen-bond donors (Lipinski definition) is 1. The second kappa shape index (κ2) is 4.73. The van der Waals surface area contributed by atoms with E-state index < -0.39 is 5.76 Å². The lowest BCUT2D eigenvalue weighted by molar-refractivity contribution is 0.0996. The molecule has 0 aliphatic carbocycles. The number of aromatic nitrogens is 1. The molecule has 0 aliphatic heterocycles. The Hall–Kier alpha value is -2.76. The third kappa shape index (κ3) is 2.01. The molecule has 0 saturated heterocycles. The molecule has 6 nitrogen and oxygen atoms in total. The van der Waals surface area contributed by atoms with Gasteiger partial charge in [0, 0.05) is 18.3 Å². The van der Waals surface area contributed by atoms with Gasteiger partial charge in [-0.15, -0.1) is 0 Å². The van der Waals surface area contributed by atoms with Crippen LogP contribution in [0.25, 0.3) is 11.1 Å². The van der Waals surface area contributed by atoms with Gasteiger partial charge in [0.1, 0.15) is 0 Å². The molecule has 0 radical (unpaired) electrons. The molecule has 0 unspecified atom stereocenters. The average Bonchev–Trinajstić information content (AvgIpc) is 3.04. The maximum atomic E-state index is 11.8. The van der Waals surface area contributed by atoms with Crippen LogP contribution in [-0.4, -0.2) is 10.5 Å². The van der Waals surface area contributed by atoms with E-state index in [1.54, 1.807) is 30.3 Å². The summed E-state index contributed by atoms with van der Waals surface area (Å²) in [7, 11) is 0. The number of aryl methyl sites for hydroxylation is 1. The second-order valence-corrected chi connectivity index (χ2v) is 4.23. The summed E-state index contributed by atoms with van der Waals surface area (Å²) in [5, 5.41) is 2.68. The Labute approximate surface area is 113 Å². The van der Waals surface area contributed by atoms with E-state index in [9.17, 15) is 9.59 Å². The summed E-state index contributed by atoms with van der Waals surface area (Å²) >= 11 is 0. The summed E-state index contributed by atoms with van der Waals surface area (Å²) in [6, 6.07) is 8.27. The van der Waals surface area contributed by atoms with Crippen molar-refractivity contribution in [3.05, 3.63) is 52.9 Å². The largest absolute Gasteiger partial charge is 0.459 e. The molecule has 3 rings (SSSR count). The molecule has 3 aromatic rings. The first-order valence-electron chi connectivity index (χ1n) is 6.17. The molecule has 0 bridgehead atoms. The van der Waals surface area contributed by atoms with Crippen LogP contribution in [0.1, 0.15) is 17.5 Å². The van der Waals surface area contributed by atoms with E-state index in [1.807, 2.05) is 6.92 Å². The fraction of sp³-hybridized carbons (Fsp3) is 0.143. The number of amides is 1. The number of anilines is 1. The van der Waals surface area contributed by atoms with Crippen LogP contribution < -0.4 is 11.1 Å². The fourth-order valence-electron chi connectivity index (χ4n) is 2.04. The van der Waals surface area contributed by atoms with Crippen LogP contribution >= 0.6 is 0 Å².